The summed E-state index contributed by atoms with van der Waals surface area (Å²) in [4.78, 5) is 15.6. The zero-order valence-corrected chi connectivity index (χ0v) is 13.7. The van der Waals surface area contributed by atoms with Crippen molar-refractivity contribution >= 4 is 34.2 Å². The zero-order valence-electron chi connectivity index (χ0n) is 12.1. The molecule has 0 radical (unpaired) electrons. The lowest BCUT2D eigenvalue weighted by Gasteiger charge is -2.11. The number of methoxy groups -OCH3 is 1. The molecule has 1 aromatic heterocycles. The Bertz CT molecular complexity index is 437. The first kappa shape index (κ1) is 15.6. The van der Waals surface area contributed by atoms with E-state index in [1.165, 1.54) is 32.1 Å². The SMILES string of the molecule is CCSC1CCC(Nc2nc(CCC(=O)OC)cs2)C1. The predicted molar refractivity (Wildman–Crippen MR) is 85.6 cm³/mol. The van der Waals surface area contributed by atoms with Gasteiger partial charge in [-0.05, 0) is 25.0 Å². The van der Waals surface area contributed by atoms with E-state index in [0.717, 1.165) is 16.1 Å². The van der Waals surface area contributed by atoms with E-state index in [1.54, 1.807) is 11.3 Å². The van der Waals surface area contributed by atoms with Gasteiger partial charge < -0.3 is 10.1 Å². The lowest BCUT2D eigenvalue weighted by Crippen LogP contribution is -2.15. The molecular weight excluding hydrogens is 292 g/mol. The number of anilines is 1. The summed E-state index contributed by atoms with van der Waals surface area (Å²) in [6, 6.07) is 0.554. The maximum absolute atomic E-state index is 11.1. The molecule has 1 aliphatic carbocycles. The summed E-state index contributed by atoms with van der Waals surface area (Å²) < 4.78 is 4.64. The number of nitrogens with zero attached hydrogens (tertiary/aromatic N) is 1. The van der Waals surface area contributed by atoms with E-state index in [0.29, 0.717) is 18.9 Å². The number of aromatic nitrogens is 1. The fourth-order valence-corrected chi connectivity index (χ4v) is 4.42. The van der Waals surface area contributed by atoms with Crippen LogP contribution < -0.4 is 5.32 Å². The van der Waals surface area contributed by atoms with Crippen molar-refractivity contribution in [1.82, 2.24) is 4.98 Å². The molecule has 2 unspecified atom stereocenters. The number of esters is 1. The van der Waals surface area contributed by atoms with Crippen molar-refractivity contribution in [3.8, 4) is 0 Å². The molecule has 1 N–H and O–H groups in total. The summed E-state index contributed by atoms with van der Waals surface area (Å²) in [5.41, 5.74) is 0.973. The van der Waals surface area contributed by atoms with Crippen LogP contribution in [0.3, 0.4) is 0 Å². The van der Waals surface area contributed by atoms with Gasteiger partial charge in [0.1, 0.15) is 0 Å². The van der Waals surface area contributed by atoms with Gasteiger partial charge >= 0.3 is 5.97 Å². The number of carbonyl (C=O) groups is 1. The first-order chi connectivity index (χ1) is 9.71. The first-order valence-corrected chi connectivity index (χ1v) is 9.03. The molecular formula is C14H22N2O2S2. The Morgan fingerprint density at radius 3 is 3.20 bits per heavy atom. The fraction of sp³-hybridized carbons (Fsp3) is 0.714. The molecule has 1 fully saturated rings. The molecule has 1 aliphatic rings. The van der Waals surface area contributed by atoms with Crippen LogP contribution in [0, 0.1) is 0 Å². The van der Waals surface area contributed by atoms with Crippen LogP contribution in [-0.2, 0) is 16.0 Å². The van der Waals surface area contributed by atoms with Crippen LogP contribution in [0.2, 0.25) is 0 Å². The second-order valence-electron chi connectivity index (χ2n) is 4.95. The predicted octanol–water partition coefficient (Wildman–Crippen LogP) is 3.33. The lowest BCUT2D eigenvalue weighted by molar-refractivity contribution is -0.140. The van der Waals surface area contributed by atoms with Crippen molar-refractivity contribution in [1.29, 1.82) is 0 Å². The Labute approximate surface area is 128 Å². The van der Waals surface area contributed by atoms with E-state index in [1.807, 2.05) is 5.38 Å². The Hall–Kier alpha value is -0.750. The summed E-state index contributed by atoms with van der Waals surface area (Å²) in [5, 5.41) is 7.34. The van der Waals surface area contributed by atoms with E-state index in [9.17, 15) is 4.79 Å². The van der Waals surface area contributed by atoms with Crippen LogP contribution in [0.5, 0.6) is 0 Å². The number of ether oxygens (including phenoxy) is 1. The maximum atomic E-state index is 11.1. The van der Waals surface area contributed by atoms with Gasteiger partial charge in [0.25, 0.3) is 0 Å². The molecule has 1 saturated carbocycles. The normalized spacial score (nSPS) is 21.9. The minimum atomic E-state index is -0.178. The fourth-order valence-electron chi connectivity index (χ4n) is 2.45. The number of thioether (sulfide) groups is 1. The average Bonchev–Trinajstić information content (AvgIpc) is 3.07. The minimum Gasteiger partial charge on any atom is -0.469 e. The highest BCUT2D eigenvalue weighted by Gasteiger charge is 2.24. The van der Waals surface area contributed by atoms with Crippen LogP contribution in [0.15, 0.2) is 5.38 Å². The van der Waals surface area contributed by atoms with Gasteiger partial charge in [0.05, 0.1) is 19.2 Å². The van der Waals surface area contributed by atoms with Crippen molar-refractivity contribution in [3.05, 3.63) is 11.1 Å². The average molecular weight is 314 g/mol. The van der Waals surface area contributed by atoms with Gasteiger partial charge in [0, 0.05) is 23.1 Å². The summed E-state index contributed by atoms with van der Waals surface area (Å²) in [6.45, 7) is 2.22. The molecule has 0 amide bonds. The van der Waals surface area contributed by atoms with Gasteiger partial charge in [-0.3, -0.25) is 4.79 Å². The number of rotatable bonds is 7. The van der Waals surface area contributed by atoms with Crippen LogP contribution in [0.1, 0.15) is 38.3 Å². The van der Waals surface area contributed by atoms with Gasteiger partial charge in [-0.25, -0.2) is 4.98 Å². The minimum absolute atomic E-state index is 0.178. The van der Waals surface area contributed by atoms with Crippen LogP contribution >= 0.6 is 23.1 Å². The molecule has 20 heavy (non-hydrogen) atoms. The van der Waals surface area contributed by atoms with Gasteiger partial charge in [0.2, 0.25) is 0 Å². The molecule has 112 valence electrons. The van der Waals surface area contributed by atoms with E-state index in [2.05, 4.69) is 33.7 Å². The molecule has 4 nitrogen and oxygen atoms in total. The molecule has 0 saturated heterocycles. The molecule has 0 spiro atoms. The third kappa shape index (κ3) is 4.66. The highest BCUT2D eigenvalue weighted by Crippen LogP contribution is 2.32. The standard InChI is InChI=1S/C14H22N2O2S2/c1-3-19-12-6-4-10(8-12)15-14-16-11(9-20-14)5-7-13(17)18-2/h9-10,12H,3-8H2,1-2H3,(H,15,16). The number of hydrogen-bond donors (Lipinski definition) is 1. The molecule has 6 heteroatoms. The van der Waals surface area contributed by atoms with Gasteiger partial charge in [-0.1, -0.05) is 6.92 Å². The van der Waals surface area contributed by atoms with Crippen LogP contribution in [0.25, 0.3) is 0 Å². The lowest BCUT2D eigenvalue weighted by atomic mass is 10.2. The van der Waals surface area contributed by atoms with Crippen molar-refractivity contribution in [3.63, 3.8) is 0 Å². The highest BCUT2D eigenvalue weighted by atomic mass is 32.2. The van der Waals surface area contributed by atoms with Gasteiger partial charge in [-0.15, -0.1) is 11.3 Å². The van der Waals surface area contributed by atoms with Crippen molar-refractivity contribution in [2.45, 2.75) is 50.3 Å². The third-order valence-electron chi connectivity index (χ3n) is 3.48. The first-order valence-electron chi connectivity index (χ1n) is 7.10. The number of aryl methyl sites for hydroxylation is 1. The van der Waals surface area contributed by atoms with Gasteiger partial charge in [-0.2, -0.15) is 11.8 Å². The Morgan fingerprint density at radius 1 is 1.60 bits per heavy atom. The number of carbonyl (C=O) groups excluding carboxylic acids is 1. The zero-order chi connectivity index (χ0) is 14.4. The van der Waals surface area contributed by atoms with E-state index >= 15 is 0 Å². The molecule has 1 aromatic rings. The number of hydrogen-bond acceptors (Lipinski definition) is 6. The number of nitrogens with one attached hydrogen (secondary N) is 1. The molecule has 2 atom stereocenters. The van der Waals surface area contributed by atoms with Crippen LogP contribution in [0.4, 0.5) is 5.13 Å². The summed E-state index contributed by atoms with van der Waals surface area (Å²) in [7, 11) is 1.42. The van der Waals surface area contributed by atoms with Gasteiger partial charge in [0.15, 0.2) is 5.13 Å². The maximum Gasteiger partial charge on any atom is 0.305 e. The largest absolute Gasteiger partial charge is 0.469 e. The topological polar surface area (TPSA) is 51.2 Å². The number of thiazole rings is 1. The Morgan fingerprint density at radius 2 is 2.45 bits per heavy atom. The van der Waals surface area contributed by atoms with Crippen molar-refractivity contribution in [2.24, 2.45) is 0 Å². The second-order valence-corrected chi connectivity index (χ2v) is 7.39. The van der Waals surface area contributed by atoms with Crippen LogP contribution in [-0.4, -0.2) is 35.1 Å². The smallest absolute Gasteiger partial charge is 0.305 e. The monoisotopic (exact) mass is 314 g/mol. The summed E-state index contributed by atoms with van der Waals surface area (Å²) in [6.07, 6.45) is 4.82. The molecule has 0 bridgehead atoms. The highest BCUT2D eigenvalue weighted by molar-refractivity contribution is 7.99. The third-order valence-corrected chi connectivity index (χ3v) is 5.53. The molecule has 1 heterocycles. The van der Waals surface area contributed by atoms with E-state index in [4.69, 9.17) is 0 Å². The molecule has 0 aliphatic heterocycles. The molecule has 2 rings (SSSR count). The van der Waals surface area contributed by atoms with E-state index < -0.39 is 0 Å². The Balaban J connectivity index is 1.77. The molecule has 0 aromatic carbocycles. The van der Waals surface area contributed by atoms with E-state index in [-0.39, 0.29) is 5.97 Å². The summed E-state index contributed by atoms with van der Waals surface area (Å²) >= 11 is 3.69. The van der Waals surface area contributed by atoms with Crippen molar-refractivity contribution < 1.29 is 9.53 Å². The quantitative estimate of drug-likeness (QED) is 0.782. The Kier molecular flexibility index (Phi) is 6.16. The van der Waals surface area contributed by atoms with Crippen molar-refractivity contribution in [2.75, 3.05) is 18.2 Å². The summed E-state index contributed by atoms with van der Waals surface area (Å²) in [5.74, 6) is 1.02. The second kappa shape index (κ2) is 7.88.